The number of thioether (sulfide) groups is 1. The first-order valence-corrected chi connectivity index (χ1v) is 11.6. The molecule has 0 aliphatic carbocycles. The zero-order valence-electron chi connectivity index (χ0n) is 15.2. The summed E-state index contributed by atoms with van der Waals surface area (Å²) in [5.74, 6) is 0. The molecule has 1 unspecified atom stereocenters. The summed E-state index contributed by atoms with van der Waals surface area (Å²) in [6.45, 7) is 0. The average molecular weight is 502 g/mol. The van der Waals surface area contributed by atoms with Gasteiger partial charge < -0.3 is 10.6 Å². The predicted octanol–water partition coefficient (Wildman–Crippen LogP) is 8.10. The topological polar surface area (TPSA) is 24.1 Å². The van der Waals surface area contributed by atoms with Crippen molar-refractivity contribution in [3.63, 3.8) is 0 Å². The van der Waals surface area contributed by atoms with Crippen LogP contribution in [0.15, 0.2) is 65.6 Å². The minimum Gasteiger partial charge on any atom is -0.351 e. The molecular weight excluding hydrogens is 486 g/mol. The molecular formula is C21H16Cl4N2S2. The molecule has 29 heavy (non-hydrogen) atoms. The molecule has 3 rings (SSSR count). The normalized spacial score (nSPS) is 11.8. The van der Waals surface area contributed by atoms with Crippen molar-refractivity contribution in [2.45, 2.75) is 10.9 Å². The van der Waals surface area contributed by atoms with Crippen LogP contribution in [0.1, 0.15) is 17.2 Å². The second-order valence-electron chi connectivity index (χ2n) is 6.04. The Morgan fingerprint density at radius 3 is 2.07 bits per heavy atom. The Bertz CT molecular complexity index is 1010. The van der Waals surface area contributed by atoms with Crippen LogP contribution < -0.4 is 10.6 Å². The molecule has 0 heterocycles. The molecule has 8 heteroatoms. The highest BCUT2D eigenvalue weighted by molar-refractivity contribution is 7.98. The average Bonchev–Trinajstić information content (AvgIpc) is 2.71. The fraction of sp³-hybridized carbons (Fsp3) is 0.0952. The van der Waals surface area contributed by atoms with E-state index in [9.17, 15) is 0 Å². The van der Waals surface area contributed by atoms with Crippen LogP contribution in [0, 0.1) is 0 Å². The number of anilines is 1. The number of nitrogens with one attached hydrogen (secondary N) is 2. The van der Waals surface area contributed by atoms with Gasteiger partial charge in [0.25, 0.3) is 0 Å². The molecule has 0 aliphatic heterocycles. The standard InChI is InChI=1S/C21H16Cl4N2S2/c1-29-13-10-8-12(9-11-13)19(14-4-2-5-15(22)18(14)25)26-21(28)27-20-16(23)6-3-7-17(20)24/h2-11,19H,1H3,(H2,26,27,28). The molecule has 0 fully saturated rings. The van der Waals surface area contributed by atoms with Crippen LogP contribution >= 0.6 is 70.4 Å². The van der Waals surface area contributed by atoms with Crippen molar-refractivity contribution >= 4 is 81.2 Å². The van der Waals surface area contributed by atoms with Gasteiger partial charge in [0.05, 0.1) is 31.8 Å². The smallest absolute Gasteiger partial charge is 0.171 e. The summed E-state index contributed by atoms with van der Waals surface area (Å²) < 4.78 is 0. The lowest BCUT2D eigenvalue weighted by Crippen LogP contribution is -2.33. The molecule has 3 aromatic carbocycles. The van der Waals surface area contributed by atoms with Gasteiger partial charge in [0.1, 0.15) is 0 Å². The first-order chi connectivity index (χ1) is 13.9. The highest BCUT2D eigenvalue weighted by atomic mass is 35.5. The maximum atomic E-state index is 6.51. The molecule has 2 N–H and O–H groups in total. The molecule has 0 saturated heterocycles. The minimum absolute atomic E-state index is 0.321. The quantitative estimate of drug-likeness (QED) is 0.272. The van der Waals surface area contributed by atoms with Crippen LogP contribution in [0.25, 0.3) is 0 Å². The van der Waals surface area contributed by atoms with Crippen LogP contribution in [0.5, 0.6) is 0 Å². The molecule has 0 radical (unpaired) electrons. The van der Waals surface area contributed by atoms with Crippen molar-refractivity contribution in [2.24, 2.45) is 0 Å². The number of benzene rings is 3. The van der Waals surface area contributed by atoms with Crippen molar-refractivity contribution < 1.29 is 0 Å². The highest BCUT2D eigenvalue weighted by Gasteiger charge is 2.20. The van der Waals surface area contributed by atoms with E-state index in [4.69, 9.17) is 58.6 Å². The van der Waals surface area contributed by atoms with Crippen LogP contribution in [-0.2, 0) is 0 Å². The third-order valence-electron chi connectivity index (χ3n) is 4.22. The lowest BCUT2D eigenvalue weighted by Gasteiger charge is -2.24. The third kappa shape index (κ3) is 5.52. The molecule has 0 spiro atoms. The Labute approximate surface area is 199 Å². The lowest BCUT2D eigenvalue weighted by molar-refractivity contribution is 0.768. The van der Waals surface area contributed by atoms with E-state index in [1.165, 1.54) is 0 Å². The highest BCUT2D eigenvalue weighted by Crippen LogP contribution is 2.34. The molecule has 3 aromatic rings. The van der Waals surface area contributed by atoms with Gasteiger partial charge in [-0.25, -0.2) is 0 Å². The predicted molar refractivity (Wildman–Crippen MR) is 132 cm³/mol. The van der Waals surface area contributed by atoms with E-state index in [1.807, 2.05) is 30.5 Å². The van der Waals surface area contributed by atoms with Crippen molar-refractivity contribution in [3.05, 3.63) is 91.9 Å². The zero-order chi connectivity index (χ0) is 21.0. The molecule has 150 valence electrons. The van der Waals surface area contributed by atoms with Crippen LogP contribution in [0.4, 0.5) is 5.69 Å². The summed E-state index contributed by atoms with van der Waals surface area (Å²) in [7, 11) is 0. The Morgan fingerprint density at radius 1 is 0.862 bits per heavy atom. The number of halogens is 4. The Morgan fingerprint density at radius 2 is 1.45 bits per heavy atom. The molecule has 0 amide bonds. The molecule has 1 atom stereocenters. The third-order valence-corrected chi connectivity index (χ3v) is 6.65. The van der Waals surface area contributed by atoms with E-state index in [-0.39, 0.29) is 6.04 Å². The lowest BCUT2D eigenvalue weighted by atomic mass is 9.99. The zero-order valence-corrected chi connectivity index (χ0v) is 19.8. The number of thiocarbonyl (C=S) groups is 1. The largest absolute Gasteiger partial charge is 0.351 e. The maximum absolute atomic E-state index is 6.51. The van der Waals surface area contributed by atoms with Gasteiger partial charge in [-0.1, -0.05) is 76.7 Å². The molecule has 0 saturated carbocycles. The summed E-state index contributed by atoms with van der Waals surface area (Å²) in [5, 5.41) is 8.65. The van der Waals surface area contributed by atoms with Gasteiger partial charge in [0.15, 0.2) is 5.11 Å². The summed E-state index contributed by atoms with van der Waals surface area (Å²) in [6, 6.07) is 18.6. The van der Waals surface area contributed by atoms with E-state index < -0.39 is 0 Å². The van der Waals surface area contributed by atoms with Crippen molar-refractivity contribution in [2.75, 3.05) is 11.6 Å². The first kappa shape index (κ1) is 22.5. The van der Waals surface area contributed by atoms with Crippen LogP contribution in [0.3, 0.4) is 0 Å². The van der Waals surface area contributed by atoms with Gasteiger partial charge in [-0.2, -0.15) is 0 Å². The molecule has 0 bridgehead atoms. The van der Waals surface area contributed by atoms with E-state index in [0.29, 0.717) is 30.9 Å². The van der Waals surface area contributed by atoms with Crippen LogP contribution in [0.2, 0.25) is 20.1 Å². The SMILES string of the molecule is CSc1ccc(C(NC(=S)Nc2c(Cl)cccc2Cl)c2cccc(Cl)c2Cl)cc1. The molecule has 2 nitrogen and oxygen atoms in total. The fourth-order valence-corrected chi connectivity index (χ4v) is 4.32. The van der Waals surface area contributed by atoms with Crippen LogP contribution in [-0.4, -0.2) is 11.4 Å². The summed E-state index contributed by atoms with van der Waals surface area (Å²) in [4.78, 5) is 1.16. The van der Waals surface area contributed by atoms with E-state index in [1.54, 1.807) is 36.0 Å². The maximum Gasteiger partial charge on any atom is 0.171 e. The first-order valence-electron chi connectivity index (χ1n) is 8.50. The summed E-state index contributed by atoms with van der Waals surface area (Å²) in [5.41, 5.74) is 2.34. The second-order valence-corrected chi connectivity index (χ2v) is 8.93. The van der Waals surface area contributed by atoms with Crippen molar-refractivity contribution in [3.8, 4) is 0 Å². The monoisotopic (exact) mass is 500 g/mol. The number of rotatable bonds is 5. The van der Waals surface area contributed by atoms with Gasteiger partial charge >= 0.3 is 0 Å². The number of hydrogen-bond donors (Lipinski definition) is 2. The van der Waals surface area contributed by atoms with Gasteiger partial charge in [-0.3, -0.25) is 0 Å². The number of hydrogen-bond acceptors (Lipinski definition) is 2. The minimum atomic E-state index is -0.321. The Balaban J connectivity index is 1.94. The van der Waals surface area contributed by atoms with Gasteiger partial charge in [-0.05, 0) is 59.9 Å². The summed E-state index contributed by atoms with van der Waals surface area (Å²) in [6.07, 6.45) is 2.03. The van der Waals surface area contributed by atoms with Gasteiger partial charge in [0.2, 0.25) is 0 Å². The van der Waals surface area contributed by atoms with Crippen molar-refractivity contribution in [1.82, 2.24) is 5.32 Å². The fourth-order valence-electron chi connectivity index (χ4n) is 2.78. The van der Waals surface area contributed by atoms with E-state index in [0.717, 1.165) is 16.0 Å². The van der Waals surface area contributed by atoms with E-state index >= 15 is 0 Å². The molecule has 0 aromatic heterocycles. The number of para-hydroxylation sites is 1. The molecule has 0 aliphatic rings. The Kier molecular flexibility index (Phi) is 7.97. The van der Waals surface area contributed by atoms with Crippen molar-refractivity contribution in [1.29, 1.82) is 0 Å². The van der Waals surface area contributed by atoms with Gasteiger partial charge in [0, 0.05) is 4.90 Å². The van der Waals surface area contributed by atoms with E-state index in [2.05, 4.69) is 22.8 Å². The summed E-state index contributed by atoms with van der Waals surface area (Å²) >= 11 is 32.5. The Hall–Kier alpha value is -1.14. The second kappa shape index (κ2) is 10.3. The van der Waals surface area contributed by atoms with Gasteiger partial charge in [-0.15, -0.1) is 11.8 Å².